The molecule has 0 aromatic rings. The Morgan fingerprint density at radius 2 is 1.82 bits per heavy atom. The molecule has 0 aliphatic heterocycles. The lowest BCUT2D eigenvalue weighted by Crippen LogP contribution is -2.12. The first kappa shape index (κ1) is 10.5. The van der Waals surface area contributed by atoms with Gasteiger partial charge in [0, 0.05) is 0 Å². The lowest BCUT2D eigenvalue weighted by atomic mass is 9.99. The van der Waals surface area contributed by atoms with Crippen molar-refractivity contribution in [2.75, 3.05) is 6.61 Å². The van der Waals surface area contributed by atoms with Gasteiger partial charge >= 0.3 is 0 Å². The zero-order valence-corrected chi connectivity index (χ0v) is 8.27. The summed E-state index contributed by atoms with van der Waals surface area (Å²) < 4.78 is 5.31. The molecule has 0 bridgehead atoms. The molecule has 11 heavy (non-hydrogen) atoms. The second-order valence-electron chi connectivity index (χ2n) is 4.25. The standard InChI is InChI=1S/C10H19O/c1-9(2)6-7-11-8-10(3,4)5/h6-7H,8H2,1-5H3/b7-6+. The largest absolute Gasteiger partial charge is 0.501 e. The smallest absolute Gasteiger partial charge is 0.0921 e. The predicted molar refractivity (Wildman–Crippen MR) is 49.1 cm³/mol. The second kappa shape index (κ2) is 4.42. The summed E-state index contributed by atoms with van der Waals surface area (Å²) in [6.07, 6.45) is 3.74. The maximum Gasteiger partial charge on any atom is 0.0921 e. The molecule has 0 heterocycles. The van der Waals surface area contributed by atoms with Crippen molar-refractivity contribution in [2.24, 2.45) is 5.41 Å². The fraction of sp³-hybridized carbons (Fsp3) is 0.700. The molecule has 0 rings (SSSR count). The second-order valence-corrected chi connectivity index (χ2v) is 4.25. The Labute approximate surface area is 70.4 Å². The molecular weight excluding hydrogens is 136 g/mol. The molecule has 0 aliphatic carbocycles. The van der Waals surface area contributed by atoms with E-state index in [1.54, 1.807) is 6.26 Å². The monoisotopic (exact) mass is 155 g/mol. The van der Waals surface area contributed by atoms with Gasteiger partial charge in [0.1, 0.15) is 0 Å². The highest BCUT2D eigenvalue weighted by Gasteiger charge is 2.08. The molecule has 0 aromatic carbocycles. The summed E-state index contributed by atoms with van der Waals surface area (Å²) in [7, 11) is 0. The van der Waals surface area contributed by atoms with Crippen molar-refractivity contribution in [2.45, 2.75) is 34.6 Å². The Morgan fingerprint density at radius 3 is 2.18 bits per heavy atom. The summed E-state index contributed by atoms with van der Waals surface area (Å²) in [5, 5.41) is 0. The van der Waals surface area contributed by atoms with Gasteiger partial charge in [0.15, 0.2) is 0 Å². The van der Waals surface area contributed by atoms with Gasteiger partial charge in [-0.1, -0.05) is 34.6 Å². The topological polar surface area (TPSA) is 9.23 Å². The molecule has 0 N–H and O–H groups in total. The van der Waals surface area contributed by atoms with Gasteiger partial charge < -0.3 is 4.74 Å². The molecule has 0 saturated carbocycles. The van der Waals surface area contributed by atoms with E-state index in [-0.39, 0.29) is 5.41 Å². The highest BCUT2D eigenvalue weighted by atomic mass is 16.5. The van der Waals surface area contributed by atoms with Gasteiger partial charge in [0.05, 0.1) is 12.9 Å². The van der Waals surface area contributed by atoms with E-state index < -0.39 is 0 Å². The predicted octanol–water partition coefficient (Wildman–Crippen LogP) is 3.18. The molecule has 0 fully saturated rings. The Kier molecular flexibility index (Phi) is 4.24. The summed E-state index contributed by atoms with van der Waals surface area (Å²) in [6, 6.07) is 0. The van der Waals surface area contributed by atoms with E-state index in [9.17, 15) is 0 Å². The zero-order valence-electron chi connectivity index (χ0n) is 8.27. The van der Waals surface area contributed by atoms with Crippen LogP contribution in [0.2, 0.25) is 0 Å². The number of rotatable bonds is 3. The average molecular weight is 155 g/mol. The van der Waals surface area contributed by atoms with E-state index in [0.717, 1.165) is 6.61 Å². The van der Waals surface area contributed by atoms with Gasteiger partial charge in [-0.05, 0) is 17.4 Å². The molecule has 0 aliphatic rings. The number of ether oxygens (including phenoxy) is 1. The van der Waals surface area contributed by atoms with Crippen molar-refractivity contribution in [1.82, 2.24) is 0 Å². The molecule has 1 heteroatoms. The third-order valence-electron chi connectivity index (χ3n) is 1.01. The van der Waals surface area contributed by atoms with Crippen LogP contribution in [0, 0.1) is 11.3 Å². The highest BCUT2D eigenvalue weighted by Crippen LogP contribution is 2.13. The van der Waals surface area contributed by atoms with Gasteiger partial charge in [-0.2, -0.15) is 0 Å². The SMILES string of the molecule is C[C](C)/C=C/OCC(C)(C)C. The van der Waals surface area contributed by atoms with Crippen LogP contribution in [0.1, 0.15) is 34.6 Å². The fourth-order valence-electron chi connectivity index (χ4n) is 0.482. The zero-order chi connectivity index (χ0) is 8.91. The van der Waals surface area contributed by atoms with Crippen molar-refractivity contribution in [1.29, 1.82) is 0 Å². The van der Waals surface area contributed by atoms with Gasteiger partial charge in [-0.15, -0.1) is 0 Å². The van der Waals surface area contributed by atoms with E-state index >= 15 is 0 Å². The van der Waals surface area contributed by atoms with Crippen LogP contribution in [0.25, 0.3) is 0 Å². The van der Waals surface area contributed by atoms with E-state index in [0.29, 0.717) is 0 Å². The van der Waals surface area contributed by atoms with Crippen molar-refractivity contribution in [3.63, 3.8) is 0 Å². The van der Waals surface area contributed by atoms with Crippen LogP contribution < -0.4 is 0 Å². The number of hydrogen-bond donors (Lipinski definition) is 0. The Hall–Kier alpha value is -0.460. The van der Waals surface area contributed by atoms with Crippen molar-refractivity contribution >= 4 is 0 Å². The minimum atomic E-state index is 0.256. The van der Waals surface area contributed by atoms with Gasteiger partial charge in [-0.25, -0.2) is 0 Å². The molecular formula is C10H19O. The lowest BCUT2D eigenvalue weighted by molar-refractivity contribution is 0.151. The van der Waals surface area contributed by atoms with Crippen LogP contribution in [0.15, 0.2) is 12.3 Å². The first-order chi connectivity index (χ1) is 4.92. The van der Waals surface area contributed by atoms with Crippen LogP contribution in [0.5, 0.6) is 0 Å². The normalized spacial score (nSPS) is 12.9. The van der Waals surface area contributed by atoms with Crippen LogP contribution >= 0.6 is 0 Å². The quantitative estimate of drug-likeness (QED) is 0.569. The minimum Gasteiger partial charge on any atom is -0.501 e. The summed E-state index contributed by atoms with van der Waals surface area (Å²) in [4.78, 5) is 0. The van der Waals surface area contributed by atoms with E-state index in [4.69, 9.17) is 4.74 Å². The summed E-state index contributed by atoms with van der Waals surface area (Å²) in [5.41, 5.74) is 0.256. The molecule has 1 nitrogen and oxygen atoms in total. The molecule has 0 spiro atoms. The van der Waals surface area contributed by atoms with Gasteiger partial charge in [-0.3, -0.25) is 0 Å². The highest BCUT2D eigenvalue weighted by molar-refractivity contribution is 5.00. The van der Waals surface area contributed by atoms with E-state index in [2.05, 4.69) is 34.6 Å². The first-order valence-electron chi connectivity index (χ1n) is 4.00. The number of allylic oxidation sites excluding steroid dienone is 1. The minimum absolute atomic E-state index is 0.256. The molecule has 0 saturated heterocycles. The van der Waals surface area contributed by atoms with Crippen LogP contribution in [0.3, 0.4) is 0 Å². The maximum absolute atomic E-state index is 5.31. The molecule has 0 aromatic heterocycles. The van der Waals surface area contributed by atoms with E-state index in [1.807, 2.05) is 6.08 Å². The third kappa shape index (κ3) is 9.54. The Morgan fingerprint density at radius 1 is 1.27 bits per heavy atom. The third-order valence-corrected chi connectivity index (χ3v) is 1.01. The van der Waals surface area contributed by atoms with Crippen molar-refractivity contribution < 1.29 is 4.74 Å². The molecule has 0 unspecified atom stereocenters. The molecule has 1 radical (unpaired) electrons. The summed E-state index contributed by atoms with van der Waals surface area (Å²) in [5.74, 6) is 1.26. The maximum atomic E-state index is 5.31. The lowest BCUT2D eigenvalue weighted by Gasteiger charge is -2.16. The molecule has 0 atom stereocenters. The van der Waals surface area contributed by atoms with Crippen LogP contribution in [-0.4, -0.2) is 6.61 Å². The average Bonchev–Trinajstić information content (AvgIpc) is 1.78. The molecule has 65 valence electrons. The Bertz CT molecular complexity index is 117. The van der Waals surface area contributed by atoms with Crippen LogP contribution in [-0.2, 0) is 4.74 Å². The summed E-state index contributed by atoms with van der Waals surface area (Å²) >= 11 is 0. The number of hydrogen-bond acceptors (Lipinski definition) is 1. The Balaban J connectivity index is 3.42. The van der Waals surface area contributed by atoms with Crippen molar-refractivity contribution in [3.8, 4) is 0 Å². The molecule has 0 amide bonds. The van der Waals surface area contributed by atoms with Gasteiger partial charge in [0.2, 0.25) is 0 Å². The van der Waals surface area contributed by atoms with Crippen molar-refractivity contribution in [3.05, 3.63) is 18.3 Å². The van der Waals surface area contributed by atoms with Gasteiger partial charge in [0.25, 0.3) is 0 Å². The fourth-order valence-corrected chi connectivity index (χ4v) is 0.482. The first-order valence-corrected chi connectivity index (χ1v) is 4.00. The van der Waals surface area contributed by atoms with Crippen LogP contribution in [0.4, 0.5) is 0 Å². The summed E-state index contributed by atoms with van der Waals surface area (Å²) in [6.45, 7) is 11.3. The van der Waals surface area contributed by atoms with E-state index in [1.165, 1.54) is 5.92 Å².